The van der Waals surface area contributed by atoms with Crippen molar-refractivity contribution in [3.05, 3.63) is 28.8 Å². The van der Waals surface area contributed by atoms with Crippen LogP contribution in [0.2, 0.25) is 5.02 Å². The van der Waals surface area contributed by atoms with Crippen molar-refractivity contribution in [2.24, 2.45) is 11.3 Å². The highest BCUT2D eigenvalue weighted by Crippen LogP contribution is 2.51. The van der Waals surface area contributed by atoms with Crippen LogP contribution in [0.25, 0.3) is 0 Å². The second-order valence-electron chi connectivity index (χ2n) is 5.24. The van der Waals surface area contributed by atoms with Crippen molar-refractivity contribution in [3.63, 3.8) is 0 Å². The molecule has 1 aromatic rings. The summed E-state index contributed by atoms with van der Waals surface area (Å²) in [5, 5.41) is 12.6. The van der Waals surface area contributed by atoms with Crippen LogP contribution < -0.4 is 5.32 Å². The highest BCUT2D eigenvalue weighted by atomic mass is 35.5. The average Bonchev–Trinajstić information content (AvgIpc) is 2.83. The Kier molecular flexibility index (Phi) is 3.04. The molecule has 0 aliphatic heterocycles. The number of nitrogens with one attached hydrogen (secondary N) is 1. The van der Waals surface area contributed by atoms with E-state index >= 15 is 0 Å². The molecule has 1 aromatic carbocycles. The van der Waals surface area contributed by atoms with Crippen molar-refractivity contribution in [2.75, 3.05) is 11.9 Å². The third-order valence-electron chi connectivity index (χ3n) is 3.48. The second kappa shape index (κ2) is 4.22. The van der Waals surface area contributed by atoms with Crippen molar-refractivity contribution in [1.29, 1.82) is 0 Å². The molecule has 17 heavy (non-hydrogen) atoms. The number of carboxylic acids is 1. The maximum absolute atomic E-state index is 11.1. The number of carbonyl (C=O) groups is 1. The van der Waals surface area contributed by atoms with E-state index in [4.69, 9.17) is 16.7 Å². The SMILES string of the molecule is CC1(C)CC1CNc1cccc(Cl)c1C(=O)O. The first-order chi connectivity index (χ1) is 7.92. The number of rotatable bonds is 4. The fraction of sp³-hybridized carbons (Fsp3) is 0.462. The molecule has 3 nitrogen and oxygen atoms in total. The molecule has 0 heterocycles. The molecule has 0 amide bonds. The minimum absolute atomic E-state index is 0.160. The maximum atomic E-state index is 11.1. The molecule has 2 rings (SSSR count). The largest absolute Gasteiger partial charge is 0.478 e. The Morgan fingerprint density at radius 2 is 2.24 bits per heavy atom. The maximum Gasteiger partial charge on any atom is 0.339 e. The summed E-state index contributed by atoms with van der Waals surface area (Å²) in [6.45, 7) is 5.23. The Morgan fingerprint density at radius 1 is 1.59 bits per heavy atom. The van der Waals surface area contributed by atoms with Crippen LogP contribution in [-0.4, -0.2) is 17.6 Å². The van der Waals surface area contributed by atoms with Crippen LogP contribution in [0.3, 0.4) is 0 Å². The Bertz CT molecular complexity index is 457. The summed E-state index contributed by atoms with van der Waals surface area (Å²) in [6.07, 6.45) is 1.18. The Labute approximate surface area is 106 Å². The van der Waals surface area contributed by atoms with Crippen LogP contribution in [0.1, 0.15) is 30.6 Å². The van der Waals surface area contributed by atoms with E-state index in [2.05, 4.69) is 19.2 Å². The van der Waals surface area contributed by atoms with Gasteiger partial charge in [-0.3, -0.25) is 0 Å². The summed E-state index contributed by atoms with van der Waals surface area (Å²) in [7, 11) is 0. The monoisotopic (exact) mass is 253 g/mol. The first-order valence-corrected chi connectivity index (χ1v) is 6.05. The van der Waals surface area contributed by atoms with Gasteiger partial charge >= 0.3 is 5.97 Å². The molecule has 1 saturated carbocycles. The Hall–Kier alpha value is -1.22. The smallest absolute Gasteiger partial charge is 0.339 e. The van der Waals surface area contributed by atoms with E-state index in [9.17, 15) is 4.79 Å². The number of carboxylic acid groups (broad SMARTS) is 1. The number of aromatic carboxylic acids is 1. The Balaban J connectivity index is 2.10. The third kappa shape index (κ3) is 2.55. The van der Waals surface area contributed by atoms with Crippen molar-refractivity contribution >= 4 is 23.3 Å². The molecule has 1 unspecified atom stereocenters. The predicted octanol–water partition coefficient (Wildman–Crippen LogP) is 3.50. The quantitative estimate of drug-likeness (QED) is 0.864. The van der Waals surface area contributed by atoms with Gasteiger partial charge in [-0.15, -0.1) is 0 Å². The van der Waals surface area contributed by atoms with Crippen LogP contribution in [-0.2, 0) is 0 Å². The molecular formula is C13H16ClNO2. The summed E-state index contributed by atoms with van der Waals surface area (Å²) in [5.41, 5.74) is 1.15. The molecule has 0 spiro atoms. The molecule has 2 N–H and O–H groups in total. The normalized spacial score (nSPS) is 21.0. The molecule has 4 heteroatoms. The summed E-state index contributed by atoms with van der Waals surface area (Å²) >= 11 is 5.89. The minimum atomic E-state index is -0.992. The fourth-order valence-corrected chi connectivity index (χ4v) is 2.30. The van der Waals surface area contributed by atoms with Crippen molar-refractivity contribution in [3.8, 4) is 0 Å². The lowest BCUT2D eigenvalue weighted by atomic mass is 10.1. The lowest BCUT2D eigenvalue weighted by Gasteiger charge is -2.11. The van der Waals surface area contributed by atoms with Gasteiger partial charge in [0, 0.05) is 6.54 Å². The molecule has 1 atom stereocenters. The summed E-state index contributed by atoms with van der Waals surface area (Å²) in [4.78, 5) is 11.1. The van der Waals surface area contributed by atoms with E-state index in [1.807, 2.05) is 0 Å². The van der Waals surface area contributed by atoms with Crippen LogP contribution in [0.4, 0.5) is 5.69 Å². The van der Waals surface area contributed by atoms with E-state index in [0.29, 0.717) is 17.0 Å². The van der Waals surface area contributed by atoms with Gasteiger partial charge in [-0.05, 0) is 29.9 Å². The minimum Gasteiger partial charge on any atom is -0.478 e. The highest BCUT2D eigenvalue weighted by Gasteiger charge is 2.45. The van der Waals surface area contributed by atoms with Crippen LogP contribution in [0.15, 0.2) is 18.2 Å². The van der Waals surface area contributed by atoms with Gasteiger partial charge in [0.1, 0.15) is 5.56 Å². The first kappa shape index (κ1) is 12.2. The topological polar surface area (TPSA) is 49.3 Å². The van der Waals surface area contributed by atoms with Crippen molar-refractivity contribution < 1.29 is 9.90 Å². The van der Waals surface area contributed by atoms with E-state index in [1.54, 1.807) is 18.2 Å². The number of halogens is 1. The summed E-state index contributed by atoms with van der Waals surface area (Å²) in [5.74, 6) is -0.378. The van der Waals surface area contributed by atoms with Gasteiger partial charge in [-0.1, -0.05) is 31.5 Å². The molecule has 92 valence electrons. The summed E-state index contributed by atoms with van der Waals surface area (Å²) < 4.78 is 0. The standard InChI is InChI=1S/C13H16ClNO2/c1-13(2)6-8(13)7-15-10-5-3-4-9(14)11(10)12(16)17/h3-5,8,15H,6-7H2,1-2H3,(H,16,17). The van der Waals surface area contributed by atoms with Gasteiger partial charge in [-0.2, -0.15) is 0 Å². The zero-order valence-corrected chi connectivity index (χ0v) is 10.7. The summed E-state index contributed by atoms with van der Waals surface area (Å²) in [6, 6.07) is 5.11. The number of hydrogen-bond acceptors (Lipinski definition) is 2. The molecule has 0 radical (unpaired) electrons. The van der Waals surface area contributed by atoms with Crippen LogP contribution >= 0.6 is 11.6 Å². The predicted molar refractivity (Wildman–Crippen MR) is 68.8 cm³/mol. The van der Waals surface area contributed by atoms with Crippen LogP contribution in [0, 0.1) is 11.3 Å². The van der Waals surface area contributed by atoms with Gasteiger partial charge in [0.15, 0.2) is 0 Å². The van der Waals surface area contributed by atoms with Gasteiger partial charge in [-0.25, -0.2) is 4.79 Å². The zero-order chi connectivity index (χ0) is 12.6. The van der Waals surface area contributed by atoms with E-state index in [0.717, 1.165) is 6.54 Å². The average molecular weight is 254 g/mol. The molecule has 1 aliphatic rings. The van der Waals surface area contributed by atoms with E-state index in [1.165, 1.54) is 6.42 Å². The van der Waals surface area contributed by atoms with E-state index < -0.39 is 5.97 Å². The first-order valence-electron chi connectivity index (χ1n) is 5.67. The molecular weight excluding hydrogens is 238 g/mol. The lowest BCUT2D eigenvalue weighted by molar-refractivity contribution is 0.0698. The molecule has 0 aromatic heterocycles. The second-order valence-corrected chi connectivity index (χ2v) is 5.65. The van der Waals surface area contributed by atoms with Crippen LogP contribution in [0.5, 0.6) is 0 Å². The van der Waals surface area contributed by atoms with Gasteiger partial charge < -0.3 is 10.4 Å². The number of hydrogen-bond donors (Lipinski definition) is 2. The number of anilines is 1. The van der Waals surface area contributed by atoms with Crippen molar-refractivity contribution in [2.45, 2.75) is 20.3 Å². The third-order valence-corrected chi connectivity index (χ3v) is 3.80. The van der Waals surface area contributed by atoms with Gasteiger partial charge in [0.2, 0.25) is 0 Å². The molecule has 1 aliphatic carbocycles. The van der Waals surface area contributed by atoms with E-state index in [-0.39, 0.29) is 10.6 Å². The zero-order valence-electron chi connectivity index (χ0n) is 9.96. The lowest BCUT2D eigenvalue weighted by Crippen LogP contribution is -2.11. The Morgan fingerprint density at radius 3 is 2.76 bits per heavy atom. The molecule has 0 bridgehead atoms. The van der Waals surface area contributed by atoms with Crippen molar-refractivity contribution in [1.82, 2.24) is 0 Å². The van der Waals surface area contributed by atoms with Gasteiger partial charge in [0.05, 0.1) is 10.7 Å². The highest BCUT2D eigenvalue weighted by molar-refractivity contribution is 6.34. The van der Waals surface area contributed by atoms with Gasteiger partial charge in [0.25, 0.3) is 0 Å². The fourth-order valence-electron chi connectivity index (χ4n) is 2.05. The molecule has 1 fully saturated rings. The number of benzene rings is 1. The molecule has 0 saturated heterocycles.